The fraction of sp³-hybridized carbons (Fsp3) is 0.562. The van der Waals surface area contributed by atoms with Crippen molar-refractivity contribution in [2.45, 2.75) is 39.2 Å². The summed E-state index contributed by atoms with van der Waals surface area (Å²) < 4.78 is 5.66. The topological polar surface area (TPSA) is 64.3 Å². The van der Waals surface area contributed by atoms with Gasteiger partial charge in [-0.05, 0) is 56.4 Å². The minimum atomic E-state index is 0. The number of nitrogens with two attached hydrogens (primary N) is 1. The smallest absolute Gasteiger partial charge is 0.223 e. The van der Waals surface area contributed by atoms with Gasteiger partial charge in [0.25, 0.3) is 0 Å². The molecule has 2 atom stereocenters. The summed E-state index contributed by atoms with van der Waals surface area (Å²) in [5, 5.41) is 2.93. The molecule has 5 heteroatoms. The molecule has 0 aromatic heterocycles. The van der Waals surface area contributed by atoms with Crippen LogP contribution in [0.4, 0.5) is 0 Å². The number of hydrogen-bond donors (Lipinski definition) is 2. The van der Waals surface area contributed by atoms with Crippen LogP contribution in [0.25, 0.3) is 0 Å². The number of carbonyl (C=O) groups is 1. The van der Waals surface area contributed by atoms with Gasteiger partial charge in [-0.3, -0.25) is 4.79 Å². The van der Waals surface area contributed by atoms with Crippen molar-refractivity contribution in [2.24, 2.45) is 11.7 Å². The monoisotopic (exact) mass is 312 g/mol. The molecular weight excluding hydrogens is 288 g/mol. The van der Waals surface area contributed by atoms with Gasteiger partial charge in [-0.25, -0.2) is 0 Å². The van der Waals surface area contributed by atoms with E-state index in [9.17, 15) is 4.79 Å². The van der Waals surface area contributed by atoms with E-state index in [1.165, 1.54) is 11.1 Å². The van der Waals surface area contributed by atoms with Crippen molar-refractivity contribution < 1.29 is 9.53 Å². The molecule has 0 aliphatic heterocycles. The third kappa shape index (κ3) is 5.56. The molecule has 21 heavy (non-hydrogen) atoms. The number of ether oxygens (including phenoxy) is 1. The average Bonchev–Trinajstić information content (AvgIpc) is 2.80. The number of amides is 1. The van der Waals surface area contributed by atoms with E-state index in [0.29, 0.717) is 13.2 Å². The highest BCUT2D eigenvalue weighted by Gasteiger charge is 2.27. The van der Waals surface area contributed by atoms with E-state index < -0.39 is 0 Å². The maximum Gasteiger partial charge on any atom is 0.223 e. The lowest BCUT2D eigenvalue weighted by Gasteiger charge is -2.12. The van der Waals surface area contributed by atoms with Crippen molar-refractivity contribution in [1.82, 2.24) is 5.32 Å². The zero-order chi connectivity index (χ0) is 14.5. The van der Waals surface area contributed by atoms with Gasteiger partial charge in [0.2, 0.25) is 5.91 Å². The molecule has 0 bridgehead atoms. The summed E-state index contributed by atoms with van der Waals surface area (Å²) in [6.45, 7) is 5.13. The van der Waals surface area contributed by atoms with Crippen LogP contribution < -0.4 is 15.8 Å². The predicted octanol–water partition coefficient (Wildman–Crippen LogP) is 2.35. The fourth-order valence-corrected chi connectivity index (χ4v) is 2.76. The van der Waals surface area contributed by atoms with Crippen LogP contribution in [0.3, 0.4) is 0 Å². The Balaban J connectivity index is 0.00000220. The molecule has 1 aromatic rings. The number of hydrogen-bond acceptors (Lipinski definition) is 3. The first-order valence-corrected chi connectivity index (χ1v) is 7.29. The Morgan fingerprint density at radius 1 is 1.29 bits per heavy atom. The van der Waals surface area contributed by atoms with E-state index in [1.807, 2.05) is 26.0 Å². The van der Waals surface area contributed by atoms with Crippen LogP contribution in [0.1, 0.15) is 30.4 Å². The standard InChI is InChI=1S/C16H24N2O2.ClH/c1-11-7-12(2)9-15(8-11)20-6-5-18-16(19)13-3-4-14(17)10-13;/h7-9,13-14H,3-6,10,17H2,1-2H3,(H,18,19);1H. The SMILES string of the molecule is Cc1cc(C)cc(OCCNC(=O)C2CCC(N)C2)c1.Cl. The lowest BCUT2D eigenvalue weighted by atomic mass is 10.1. The van der Waals surface area contributed by atoms with Crippen molar-refractivity contribution in [3.8, 4) is 5.75 Å². The van der Waals surface area contributed by atoms with Gasteiger partial charge >= 0.3 is 0 Å². The Morgan fingerprint density at radius 2 is 1.95 bits per heavy atom. The zero-order valence-corrected chi connectivity index (χ0v) is 13.5. The summed E-state index contributed by atoms with van der Waals surface area (Å²) >= 11 is 0. The predicted molar refractivity (Wildman–Crippen MR) is 87.0 cm³/mol. The van der Waals surface area contributed by atoms with Crippen LogP contribution >= 0.6 is 12.4 Å². The maximum absolute atomic E-state index is 11.9. The van der Waals surface area contributed by atoms with Gasteiger partial charge in [0, 0.05) is 12.0 Å². The first-order valence-electron chi connectivity index (χ1n) is 7.29. The first-order chi connectivity index (χ1) is 9.54. The number of halogens is 1. The van der Waals surface area contributed by atoms with Gasteiger partial charge < -0.3 is 15.8 Å². The molecule has 1 amide bonds. The first kappa shape index (κ1) is 17.8. The summed E-state index contributed by atoms with van der Waals surface area (Å²) in [4.78, 5) is 11.9. The molecule has 3 N–H and O–H groups in total. The van der Waals surface area contributed by atoms with E-state index >= 15 is 0 Å². The molecule has 2 rings (SSSR count). The van der Waals surface area contributed by atoms with Gasteiger partial charge in [-0.1, -0.05) is 6.07 Å². The van der Waals surface area contributed by atoms with E-state index in [4.69, 9.17) is 10.5 Å². The van der Waals surface area contributed by atoms with Crippen LogP contribution in [0.5, 0.6) is 5.75 Å². The summed E-state index contributed by atoms with van der Waals surface area (Å²) in [5.74, 6) is 1.06. The lowest BCUT2D eigenvalue weighted by Crippen LogP contribution is -2.33. The molecule has 1 aromatic carbocycles. The van der Waals surface area contributed by atoms with Crippen molar-refractivity contribution in [3.05, 3.63) is 29.3 Å². The normalized spacial score (nSPS) is 20.7. The average molecular weight is 313 g/mol. The number of nitrogens with one attached hydrogen (secondary N) is 1. The highest BCUT2D eigenvalue weighted by molar-refractivity contribution is 5.85. The Hall–Kier alpha value is -1.26. The molecule has 118 valence electrons. The molecule has 2 unspecified atom stereocenters. The zero-order valence-electron chi connectivity index (χ0n) is 12.7. The number of benzene rings is 1. The van der Waals surface area contributed by atoms with Gasteiger partial charge in [-0.15, -0.1) is 12.4 Å². The number of rotatable bonds is 5. The van der Waals surface area contributed by atoms with Crippen molar-refractivity contribution in [1.29, 1.82) is 0 Å². The molecule has 0 radical (unpaired) electrons. The second kappa shape index (κ2) is 8.25. The molecule has 1 saturated carbocycles. The molecule has 0 spiro atoms. The number of aryl methyl sites for hydroxylation is 2. The van der Waals surface area contributed by atoms with Gasteiger partial charge in [0.1, 0.15) is 12.4 Å². The minimum Gasteiger partial charge on any atom is -0.492 e. The van der Waals surface area contributed by atoms with E-state index in [0.717, 1.165) is 25.0 Å². The Kier molecular flexibility index (Phi) is 6.99. The Morgan fingerprint density at radius 3 is 2.52 bits per heavy atom. The van der Waals surface area contributed by atoms with Crippen LogP contribution in [-0.2, 0) is 4.79 Å². The Labute approximate surface area is 132 Å². The highest BCUT2D eigenvalue weighted by Crippen LogP contribution is 2.23. The second-order valence-electron chi connectivity index (χ2n) is 5.73. The van der Waals surface area contributed by atoms with Crippen LogP contribution in [0, 0.1) is 19.8 Å². The van der Waals surface area contributed by atoms with Crippen molar-refractivity contribution in [2.75, 3.05) is 13.2 Å². The second-order valence-corrected chi connectivity index (χ2v) is 5.73. The summed E-state index contributed by atoms with van der Waals surface area (Å²) in [7, 11) is 0. The van der Waals surface area contributed by atoms with Crippen molar-refractivity contribution >= 4 is 18.3 Å². The molecule has 1 aliphatic carbocycles. The van der Waals surface area contributed by atoms with Crippen LogP contribution in [0.2, 0.25) is 0 Å². The minimum absolute atomic E-state index is 0. The molecule has 0 saturated heterocycles. The van der Waals surface area contributed by atoms with Gasteiger partial charge in [-0.2, -0.15) is 0 Å². The van der Waals surface area contributed by atoms with E-state index in [2.05, 4.69) is 11.4 Å². The fourth-order valence-electron chi connectivity index (χ4n) is 2.76. The Bertz CT molecular complexity index is 459. The van der Waals surface area contributed by atoms with Crippen molar-refractivity contribution in [3.63, 3.8) is 0 Å². The summed E-state index contributed by atoms with van der Waals surface area (Å²) in [6, 6.07) is 6.31. The molecular formula is C16H25ClN2O2. The van der Waals surface area contributed by atoms with Gasteiger partial charge in [0.15, 0.2) is 0 Å². The quantitative estimate of drug-likeness (QED) is 0.820. The molecule has 1 fully saturated rings. The molecule has 0 heterocycles. The largest absolute Gasteiger partial charge is 0.492 e. The lowest BCUT2D eigenvalue weighted by molar-refractivity contribution is -0.124. The summed E-state index contributed by atoms with van der Waals surface area (Å²) in [6.07, 6.45) is 2.67. The van der Waals surface area contributed by atoms with Gasteiger partial charge in [0.05, 0.1) is 6.54 Å². The maximum atomic E-state index is 11.9. The van der Waals surface area contributed by atoms with Crippen LogP contribution in [0.15, 0.2) is 18.2 Å². The van der Waals surface area contributed by atoms with E-state index in [1.54, 1.807) is 0 Å². The van der Waals surface area contributed by atoms with E-state index in [-0.39, 0.29) is 30.3 Å². The third-order valence-electron chi connectivity index (χ3n) is 3.71. The molecule has 1 aliphatic rings. The highest BCUT2D eigenvalue weighted by atomic mass is 35.5. The number of carbonyl (C=O) groups excluding carboxylic acids is 1. The molecule has 4 nitrogen and oxygen atoms in total. The third-order valence-corrected chi connectivity index (χ3v) is 3.71. The summed E-state index contributed by atoms with van der Waals surface area (Å²) in [5.41, 5.74) is 8.19. The van der Waals surface area contributed by atoms with Crippen LogP contribution in [-0.4, -0.2) is 25.1 Å².